The number of nitrogens with zero attached hydrogens (tertiary/aromatic N) is 1. The molecule has 0 fully saturated rings. The lowest BCUT2D eigenvalue weighted by Crippen LogP contribution is -2.25. The Kier molecular flexibility index (Phi) is 3.98. The van der Waals surface area contributed by atoms with Crippen LogP contribution in [0.1, 0.15) is 12.0 Å². The van der Waals surface area contributed by atoms with Crippen LogP contribution in [0.4, 0.5) is 28.9 Å². The van der Waals surface area contributed by atoms with Gasteiger partial charge in [-0.2, -0.15) is 0 Å². The van der Waals surface area contributed by atoms with Gasteiger partial charge in [-0.15, -0.1) is 0 Å². The maximum absolute atomic E-state index is 12.6. The average molecular weight is 236 g/mol. The Labute approximate surface area is 90.7 Å². The highest BCUT2D eigenvalue weighted by molar-refractivity contribution is 5.59. The van der Waals surface area contributed by atoms with E-state index in [-0.39, 0.29) is 16.9 Å². The molecule has 0 aromatic heterocycles. The molecule has 0 spiro atoms. The summed E-state index contributed by atoms with van der Waals surface area (Å²) in [7, 11) is 1.34. The molecule has 0 bridgehead atoms. The zero-order chi connectivity index (χ0) is 12.3. The Bertz CT molecular complexity index is 355. The van der Waals surface area contributed by atoms with Crippen molar-refractivity contribution < 1.29 is 17.6 Å². The molecule has 2 nitrogen and oxygen atoms in total. The van der Waals surface area contributed by atoms with E-state index in [0.29, 0.717) is 0 Å². The molecule has 0 saturated heterocycles. The number of hydrogen-bond donors (Lipinski definition) is 1. The molecule has 0 radical (unpaired) electrons. The average Bonchev–Trinajstić information content (AvgIpc) is 2.16. The Hall–Kier alpha value is -1.46. The minimum Gasteiger partial charge on any atom is -0.399 e. The van der Waals surface area contributed by atoms with Crippen molar-refractivity contribution >= 4 is 11.4 Å². The summed E-state index contributed by atoms with van der Waals surface area (Å²) in [4.78, 5) is 1.09. The maximum Gasteiger partial charge on any atom is 0.265 e. The van der Waals surface area contributed by atoms with Gasteiger partial charge in [-0.1, -0.05) is 0 Å². The molecule has 0 amide bonds. The van der Waals surface area contributed by atoms with Gasteiger partial charge in [-0.05, 0) is 18.2 Å². The van der Waals surface area contributed by atoms with Gasteiger partial charge in [0.2, 0.25) is 0 Å². The van der Waals surface area contributed by atoms with Crippen LogP contribution in [0.15, 0.2) is 18.2 Å². The summed E-state index contributed by atoms with van der Waals surface area (Å²) in [6.45, 7) is -0.594. The van der Waals surface area contributed by atoms with Gasteiger partial charge >= 0.3 is 0 Å². The fourth-order valence-electron chi connectivity index (χ4n) is 1.40. The lowest BCUT2D eigenvalue weighted by molar-refractivity contribution is 0.148. The summed E-state index contributed by atoms with van der Waals surface area (Å²) in [5, 5.41) is 0. The first-order valence-electron chi connectivity index (χ1n) is 4.58. The lowest BCUT2D eigenvalue weighted by atomic mass is 10.1. The molecule has 0 atom stereocenters. The topological polar surface area (TPSA) is 29.3 Å². The summed E-state index contributed by atoms with van der Waals surface area (Å²) in [5.74, 6) is 0. The quantitative estimate of drug-likeness (QED) is 0.643. The van der Waals surface area contributed by atoms with Crippen LogP contribution in [0.5, 0.6) is 0 Å². The number of hydrogen-bond acceptors (Lipinski definition) is 2. The van der Waals surface area contributed by atoms with Crippen LogP contribution < -0.4 is 10.6 Å². The highest BCUT2D eigenvalue weighted by Crippen LogP contribution is 2.31. The normalized spacial score (nSPS) is 11.2. The summed E-state index contributed by atoms with van der Waals surface area (Å²) >= 11 is 0. The second-order valence-corrected chi connectivity index (χ2v) is 3.39. The molecule has 0 aliphatic heterocycles. The van der Waals surface area contributed by atoms with Crippen LogP contribution in [0, 0.1) is 0 Å². The lowest BCUT2D eigenvalue weighted by Gasteiger charge is -2.22. The minimum absolute atomic E-state index is 0.0736. The molecule has 16 heavy (non-hydrogen) atoms. The van der Waals surface area contributed by atoms with Crippen LogP contribution >= 0.6 is 0 Å². The van der Waals surface area contributed by atoms with Gasteiger partial charge in [0.05, 0.1) is 6.54 Å². The largest absolute Gasteiger partial charge is 0.399 e. The molecule has 1 aromatic carbocycles. The first-order chi connectivity index (χ1) is 7.41. The predicted molar refractivity (Wildman–Crippen MR) is 55.1 cm³/mol. The fourth-order valence-corrected chi connectivity index (χ4v) is 1.40. The van der Waals surface area contributed by atoms with Crippen LogP contribution in [0.2, 0.25) is 0 Å². The van der Waals surface area contributed by atoms with Crippen LogP contribution in [0.3, 0.4) is 0 Å². The van der Waals surface area contributed by atoms with Gasteiger partial charge in [0.15, 0.2) is 0 Å². The van der Waals surface area contributed by atoms with E-state index in [1.165, 1.54) is 19.2 Å². The van der Waals surface area contributed by atoms with Crippen molar-refractivity contribution in [3.63, 3.8) is 0 Å². The Balaban J connectivity index is 3.02. The number of benzene rings is 1. The van der Waals surface area contributed by atoms with Gasteiger partial charge in [0.1, 0.15) is 0 Å². The molecule has 0 aliphatic carbocycles. The standard InChI is InChI=1S/C10H12F4N2/c1-16(5-9(11)12)8-3-2-6(15)4-7(8)10(13)14/h2-4,9-10H,5,15H2,1H3. The van der Waals surface area contributed by atoms with E-state index >= 15 is 0 Å². The smallest absolute Gasteiger partial charge is 0.265 e. The number of nitrogens with two attached hydrogens (primary N) is 1. The molecule has 0 aliphatic rings. The number of anilines is 2. The van der Waals surface area contributed by atoms with Gasteiger partial charge in [0.25, 0.3) is 12.9 Å². The zero-order valence-electron chi connectivity index (χ0n) is 8.63. The van der Waals surface area contributed by atoms with Gasteiger partial charge < -0.3 is 10.6 Å². The second-order valence-electron chi connectivity index (χ2n) is 3.39. The summed E-state index contributed by atoms with van der Waals surface area (Å²) in [5.41, 5.74) is 5.29. The van der Waals surface area contributed by atoms with Gasteiger partial charge in [0, 0.05) is 24.0 Å². The summed E-state index contributed by atoms with van der Waals surface area (Å²) in [6.07, 6.45) is -5.31. The van der Waals surface area contributed by atoms with Crippen molar-refractivity contribution in [2.75, 3.05) is 24.2 Å². The van der Waals surface area contributed by atoms with Gasteiger partial charge in [-0.3, -0.25) is 0 Å². The van der Waals surface area contributed by atoms with Crippen LogP contribution in [-0.4, -0.2) is 20.0 Å². The van der Waals surface area contributed by atoms with Crippen molar-refractivity contribution in [3.05, 3.63) is 23.8 Å². The molecular formula is C10H12F4N2. The highest BCUT2D eigenvalue weighted by atomic mass is 19.3. The van der Waals surface area contributed by atoms with Crippen LogP contribution in [-0.2, 0) is 0 Å². The maximum atomic E-state index is 12.6. The van der Waals surface area contributed by atoms with Crippen molar-refractivity contribution in [3.8, 4) is 0 Å². The first kappa shape index (κ1) is 12.6. The molecule has 1 aromatic rings. The van der Waals surface area contributed by atoms with Crippen molar-refractivity contribution in [1.29, 1.82) is 0 Å². The second kappa shape index (κ2) is 5.05. The summed E-state index contributed by atoms with van der Waals surface area (Å²) < 4.78 is 49.5. The molecule has 90 valence electrons. The Morgan fingerprint density at radius 1 is 1.25 bits per heavy atom. The zero-order valence-corrected chi connectivity index (χ0v) is 8.63. The highest BCUT2D eigenvalue weighted by Gasteiger charge is 2.18. The Morgan fingerprint density at radius 2 is 1.88 bits per heavy atom. The van der Waals surface area contributed by atoms with Crippen molar-refractivity contribution in [2.45, 2.75) is 12.9 Å². The molecule has 0 saturated carbocycles. The van der Waals surface area contributed by atoms with E-state index in [4.69, 9.17) is 5.73 Å². The molecule has 2 N–H and O–H groups in total. The van der Waals surface area contributed by atoms with Gasteiger partial charge in [-0.25, -0.2) is 17.6 Å². The number of nitrogen functional groups attached to an aromatic ring is 1. The molecule has 0 unspecified atom stereocenters. The van der Waals surface area contributed by atoms with E-state index in [1.807, 2.05) is 0 Å². The Morgan fingerprint density at radius 3 is 2.38 bits per heavy atom. The van der Waals surface area contributed by atoms with E-state index < -0.39 is 19.4 Å². The third-order valence-corrected chi connectivity index (χ3v) is 2.11. The summed E-state index contributed by atoms with van der Waals surface area (Å²) in [6, 6.07) is 3.82. The van der Waals surface area contributed by atoms with E-state index in [1.54, 1.807) is 0 Å². The number of rotatable bonds is 4. The molecular weight excluding hydrogens is 224 g/mol. The number of halogens is 4. The van der Waals surface area contributed by atoms with E-state index in [2.05, 4.69) is 0 Å². The van der Waals surface area contributed by atoms with Crippen LogP contribution in [0.25, 0.3) is 0 Å². The monoisotopic (exact) mass is 236 g/mol. The third kappa shape index (κ3) is 3.01. The SMILES string of the molecule is CN(CC(F)F)c1ccc(N)cc1C(F)F. The third-order valence-electron chi connectivity index (χ3n) is 2.11. The molecule has 6 heteroatoms. The predicted octanol–water partition coefficient (Wildman–Crippen LogP) is 2.91. The minimum atomic E-state index is -2.74. The van der Waals surface area contributed by atoms with Crippen molar-refractivity contribution in [2.24, 2.45) is 0 Å². The molecule has 1 rings (SSSR count). The fraction of sp³-hybridized carbons (Fsp3) is 0.400. The first-order valence-corrected chi connectivity index (χ1v) is 4.58. The molecule has 0 heterocycles. The van der Waals surface area contributed by atoms with E-state index in [9.17, 15) is 17.6 Å². The number of alkyl halides is 4. The van der Waals surface area contributed by atoms with Crippen molar-refractivity contribution in [1.82, 2.24) is 0 Å². The van der Waals surface area contributed by atoms with E-state index in [0.717, 1.165) is 11.0 Å².